The van der Waals surface area contributed by atoms with E-state index in [1.54, 1.807) is 0 Å². The molecular formula is C11H12ClNO4S. The molecule has 0 heterocycles. The van der Waals surface area contributed by atoms with Crippen molar-refractivity contribution < 1.29 is 18.3 Å². The van der Waals surface area contributed by atoms with Crippen molar-refractivity contribution in [2.45, 2.75) is 17.7 Å². The number of aromatic carboxylic acids is 1. The lowest BCUT2D eigenvalue weighted by Crippen LogP contribution is -2.26. The van der Waals surface area contributed by atoms with Crippen molar-refractivity contribution in [3.8, 4) is 0 Å². The maximum absolute atomic E-state index is 12.0. The predicted octanol–water partition coefficient (Wildman–Crippen LogP) is 1.73. The van der Waals surface area contributed by atoms with E-state index in [0.29, 0.717) is 12.5 Å². The third kappa shape index (κ3) is 3.01. The lowest BCUT2D eigenvalue weighted by molar-refractivity contribution is 0.0696. The van der Waals surface area contributed by atoms with Gasteiger partial charge < -0.3 is 5.11 Å². The monoisotopic (exact) mass is 289 g/mol. The van der Waals surface area contributed by atoms with Crippen LogP contribution in [-0.2, 0) is 10.0 Å². The fourth-order valence-electron chi connectivity index (χ4n) is 1.47. The number of nitrogens with one attached hydrogen (secondary N) is 1. The zero-order valence-electron chi connectivity index (χ0n) is 9.39. The van der Waals surface area contributed by atoms with E-state index < -0.39 is 16.0 Å². The summed E-state index contributed by atoms with van der Waals surface area (Å²) in [5.41, 5.74) is -0.105. The Bertz CT molecular complexity index is 581. The molecule has 0 bridgehead atoms. The van der Waals surface area contributed by atoms with Gasteiger partial charge in [-0.05, 0) is 37.0 Å². The van der Waals surface area contributed by atoms with Gasteiger partial charge in [0.1, 0.15) is 4.90 Å². The van der Waals surface area contributed by atoms with Gasteiger partial charge >= 0.3 is 5.97 Å². The summed E-state index contributed by atoms with van der Waals surface area (Å²) in [6.45, 7) is 0.371. The number of carboxylic acid groups (broad SMARTS) is 1. The molecule has 0 aliphatic heterocycles. The van der Waals surface area contributed by atoms with Crippen LogP contribution in [0.25, 0.3) is 0 Å². The molecule has 2 rings (SSSR count). The van der Waals surface area contributed by atoms with Crippen LogP contribution in [0.15, 0.2) is 23.1 Å². The molecule has 1 aliphatic rings. The largest absolute Gasteiger partial charge is 0.478 e. The number of carboxylic acids is 1. The predicted molar refractivity (Wildman–Crippen MR) is 66.3 cm³/mol. The van der Waals surface area contributed by atoms with Gasteiger partial charge in [0.2, 0.25) is 10.0 Å². The fourth-order valence-corrected chi connectivity index (χ4v) is 3.11. The molecule has 98 valence electrons. The molecule has 1 saturated carbocycles. The topological polar surface area (TPSA) is 83.5 Å². The molecule has 0 spiro atoms. The molecule has 5 nitrogen and oxygen atoms in total. The Hall–Kier alpha value is -1.11. The molecule has 0 saturated heterocycles. The van der Waals surface area contributed by atoms with Crippen molar-refractivity contribution in [3.05, 3.63) is 28.8 Å². The molecule has 0 aromatic heterocycles. The van der Waals surface area contributed by atoms with E-state index in [9.17, 15) is 13.2 Å². The third-order valence-electron chi connectivity index (χ3n) is 2.73. The molecule has 1 fully saturated rings. The molecule has 18 heavy (non-hydrogen) atoms. The number of hydrogen-bond donors (Lipinski definition) is 2. The van der Waals surface area contributed by atoms with E-state index >= 15 is 0 Å². The smallest absolute Gasteiger partial charge is 0.335 e. The van der Waals surface area contributed by atoms with Gasteiger partial charge in [-0.1, -0.05) is 11.6 Å². The summed E-state index contributed by atoms with van der Waals surface area (Å²) in [5, 5.41) is 8.85. The normalized spacial score (nSPS) is 15.6. The molecule has 0 radical (unpaired) electrons. The Morgan fingerprint density at radius 3 is 2.67 bits per heavy atom. The zero-order chi connectivity index (χ0) is 13.3. The van der Waals surface area contributed by atoms with Crippen LogP contribution in [0.4, 0.5) is 0 Å². The number of halogens is 1. The van der Waals surface area contributed by atoms with Crippen LogP contribution in [0, 0.1) is 5.92 Å². The Kier molecular flexibility index (Phi) is 3.61. The maximum Gasteiger partial charge on any atom is 0.335 e. The average Bonchev–Trinajstić information content (AvgIpc) is 3.10. The van der Waals surface area contributed by atoms with E-state index in [4.69, 9.17) is 16.7 Å². The second-order valence-corrected chi connectivity index (χ2v) is 6.39. The molecule has 0 amide bonds. The van der Waals surface area contributed by atoms with Gasteiger partial charge in [0, 0.05) is 6.54 Å². The van der Waals surface area contributed by atoms with Gasteiger partial charge in [-0.25, -0.2) is 17.9 Å². The van der Waals surface area contributed by atoms with Crippen LogP contribution >= 0.6 is 11.6 Å². The van der Waals surface area contributed by atoms with Crippen molar-refractivity contribution >= 4 is 27.6 Å². The van der Waals surface area contributed by atoms with Crippen molar-refractivity contribution in [3.63, 3.8) is 0 Å². The van der Waals surface area contributed by atoms with Crippen LogP contribution in [0.5, 0.6) is 0 Å². The molecular weight excluding hydrogens is 278 g/mol. The lowest BCUT2D eigenvalue weighted by atomic mass is 10.2. The number of hydrogen-bond acceptors (Lipinski definition) is 3. The first-order valence-corrected chi connectivity index (χ1v) is 7.29. The minimum Gasteiger partial charge on any atom is -0.478 e. The van der Waals surface area contributed by atoms with Crippen molar-refractivity contribution in [2.75, 3.05) is 6.54 Å². The fraction of sp³-hybridized carbons (Fsp3) is 0.364. The van der Waals surface area contributed by atoms with Gasteiger partial charge in [-0.15, -0.1) is 0 Å². The van der Waals surface area contributed by atoms with E-state index in [1.807, 2.05) is 0 Å². The average molecular weight is 290 g/mol. The van der Waals surface area contributed by atoms with Crippen LogP contribution < -0.4 is 4.72 Å². The van der Waals surface area contributed by atoms with Crippen molar-refractivity contribution in [1.29, 1.82) is 0 Å². The highest BCUT2D eigenvalue weighted by Gasteiger charge is 2.25. The number of rotatable bonds is 5. The highest BCUT2D eigenvalue weighted by Crippen LogP contribution is 2.29. The Labute approximate surface area is 110 Å². The first-order valence-electron chi connectivity index (χ1n) is 5.42. The summed E-state index contributed by atoms with van der Waals surface area (Å²) < 4.78 is 26.4. The second kappa shape index (κ2) is 4.87. The molecule has 1 aromatic rings. The first kappa shape index (κ1) is 13.3. The van der Waals surface area contributed by atoms with Gasteiger partial charge in [0.25, 0.3) is 0 Å². The van der Waals surface area contributed by atoms with Crippen LogP contribution in [0.3, 0.4) is 0 Å². The van der Waals surface area contributed by atoms with E-state index in [0.717, 1.165) is 18.9 Å². The van der Waals surface area contributed by atoms with Gasteiger partial charge in [-0.3, -0.25) is 0 Å². The van der Waals surface area contributed by atoms with Gasteiger partial charge in [-0.2, -0.15) is 0 Å². The Balaban J connectivity index is 2.29. The van der Waals surface area contributed by atoms with E-state index in [1.165, 1.54) is 12.1 Å². The highest BCUT2D eigenvalue weighted by atomic mass is 35.5. The summed E-state index contributed by atoms with van der Waals surface area (Å²) in [4.78, 5) is 10.6. The van der Waals surface area contributed by atoms with Crippen molar-refractivity contribution in [1.82, 2.24) is 4.72 Å². The Morgan fingerprint density at radius 1 is 1.44 bits per heavy atom. The summed E-state index contributed by atoms with van der Waals surface area (Å²) in [5.74, 6) is -0.800. The molecule has 0 atom stereocenters. The molecule has 1 aliphatic carbocycles. The molecule has 7 heteroatoms. The maximum atomic E-state index is 12.0. The van der Waals surface area contributed by atoms with Crippen LogP contribution in [0.2, 0.25) is 5.02 Å². The standard InChI is InChI=1S/C11H12ClNO4S/c12-9-4-3-8(11(14)15)5-10(9)18(16,17)13-6-7-1-2-7/h3-5,7,13H,1-2,6H2,(H,14,15). The van der Waals surface area contributed by atoms with Gasteiger partial charge in [0.15, 0.2) is 0 Å². The quantitative estimate of drug-likeness (QED) is 0.864. The third-order valence-corrected chi connectivity index (χ3v) is 4.63. The molecule has 1 aromatic carbocycles. The second-order valence-electron chi connectivity index (χ2n) is 4.25. The summed E-state index contributed by atoms with van der Waals surface area (Å²) in [6, 6.07) is 3.61. The number of sulfonamides is 1. The minimum absolute atomic E-state index is 0.0169. The first-order chi connectivity index (χ1) is 8.40. The minimum atomic E-state index is -3.75. The summed E-state index contributed by atoms with van der Waals surface area (Å²) in [6.07, 6.45) is 2.04. The summed E-state index contributed by atoms with van der Waals surface area (Å²) in [7, 11) is -3.75. The summed E-state index contributed by atoms with van der Waals surface area (Å²) >= 11 is 5.80. The molecule has 2 N–H and O–H groups in total. The number of carbonyl (C=O) groups is 1. The SMILES string of the molecule is O=C(O)c1ccc(Cl)c(S(=O)(=O)NCC2CC2)c1. The highest BCUT2D eigenvalue weighted by molar-refractivity contribution is 7.89. The van der Waals surface area contributed by atoms with E-state index in [-0.39, 0.29) is 15.5 Å². The zero-order valence-corrected chi connectivity index (χ0v) is 11.0. The molecule has 0 unspecified atom stereocenters. The van der Waals surface area contributed by atoms with Crippen LogP contribution in [0.1, 0.15) is 23.2 Å². The lowest BCUT2D eigenvalue weighted by Gasteiger charge is -2.08. The Morgan fingerprint density at radius 2 is 2.11 bits per heavy atom. The van der Waals surface area contributed by atoms with Crippen LogP contribution in [-0.4, -0.2) is 26.0 Å². The van der Waals surface area contributed by atoms with Gasteiger partial charge in [0.05, 0.1) is 10.6 Å². The van der Waals surface area contributed by atoms with E-state index in [2.05, 4.69) is 4.72 Å². The number of benzene rings is 1. The van der Waals surface area contributed by atoms with Crippen molar-refractivity contribution in [2.24, 2.45) is 5.92 Å².